The summed E-state index contributed by atoms with van der Waals surface area (Å²) >= 11 is 0. The van der Waals surface area contributed by atoms with Gasteiger partial charge in [-0.1, -0.05) is 0 Å². The smallest absolute Gasteiger partial charge is 0.339 e. The Balaban J connectivity index is 2.02. The van der Waals surface area contributed by atoms with Crippen molar-refractivity contribution in [1.29, 1.82) is 0 Å². The third kappa shape index (κ3) is 2.20. The van der Waals surface area contributed by atoms with Gasteiger partial charge in [0.1, 0.15) is 23.5 Å². The standard InChI is InChI=1S/C14H11FN2O3/c15-8-4-5-10(14(18)19)12(6-8)20-13-9-2-1-3-11(9)16-7-17-13/h4-7H,1-3H2,(H,18,19). The quantitative estimate of drug-likeness (QED) is 0.931. The molecule has 3 rings (SSSR count). The molecule has 1 heterocycles. The Morgan fingerprint density at radius 3 is 2.95 bits per heavy atom. The molecule has 102 valence electrons. The fourth-order valence-electron chi connectivity index (χ4n) is 2.28. The van der Waals surface area contributed by atoms with Gasteiger partial charge in [-0.2, -0.15) is 0 Å². The van der Waals surface area contributed by atoms with E-state index in [-0.39, 0.29) is 11.3 Å². The lowest BCUT2D eigenvalue weighted by Gasteiger charge is -2.10. The van der Waals surface area contributed by atoms with Gasteiger partial charge in [-0.05, 0) is 31.4 Å². The van der Waals surface area contributed by atoms with E-state index in [9.17, 15) is 9.18 Å². The molecule has 0 saturated carbocycles. The Morgan fingerprint density at radius 1 is 1.30 bits per heavy atom. The van der Waals surface area contributed by atoms with Crippen LogP contribution >= 0.6 is 0 Å². The lowest BCUT2D eigenvalue weighted by molar-refractivity contribution is 0.0694. The molecule has 1 aromatic carbocycles. The minimum Gasteiger partial charge on any atom is -0.478 e. The van der Waals surface area contributed by atoms with E-state index in [4.69, 9.17) is 9.84 Å². The molecule has 1 aliphatic carbocycles. The average molecular weight is 274 g/mol. The van der Waals surface area contributed by atoms with Crippen molar-refractivity contribution in [3.05, 3.63) is 47.2 Å². The average Bonchev–Trinajstić information content (AvgIpc) is 2.88. The summed E-state index contributed by atoms with van der Waals surface area (Å²) in [4.78, 5) is 19.3. The number of ether oxygens (including phenoxy) is 1. The fraction of sp³-hybridized carbons (Fsp3) is 0.214. The van der Waals surface area contributed by atoms with Gasteiger partial charge in [0, 0.05) is 11.6 Å². The number of carbonyl (C=O) groups is 1. The van der Waals surface area contributed by atoms with Gasteiger partial charge in [0.15, 0.2) is 0 Å². The SMILES string of the molecule is O=C(O)c1ccc(F)cc1Oc1ncnc2c1CCC2. The zero-order valence-electron chi connectivity index (χ0n) is 10.5. The normalized spacial score (nSPS) is 13.1. The van der Waals surface area contributed by atoms with E-state index in [1.807, 2.05) is 0 Å². The minimum absolute atomic E-state index is 0.0506. The summed E-state index contributed by atoms with van der Waals surface area (Å²) < 4.78 is 18.8. The van der Waals surface area contributed by atoms with Crippen LogP contribution in [0.1, 0.15) is 28.0 Å². The number of aromatic nitrogens is 2. The summed E-state index contributed by atoms with van der Waals surface area (Å²) in [6.45, 7) is 0. The minimum atomic E-state index is -1.18. The number of carboxylic acid groups (broad SMARTS) is 1. The maximum atomic E-state index is 13.3. The van der Waals surface area contributed by atoms with E-state index in [0.29, 0.717) is 5.88 Å². The summed E-state index contributed by atoms with van der Waals surface area (Å²) in [6, 6.07) is 3.31. The number of aromatic carboxylic acids is 1. The maximum absolute atomic E-state index is 13.3. The van der Waals surface area contributed by atoms with Crippen LogP contribution in [0.3, 0.4) is 0 Å². The first-order valence-corrected chi connectivity index (χ1v) is 6.18. The highest BCUT2D eigenvalue weighted by Crippen LogP contribution is 2.32. The van der Waals surface area contributed by atoms with E-state index in [1.165, 1.54) is 12.4 Å². The molecule has 5 nitrogen and oxygen atoms in total. The van der Waals surface area contributed by atoms with Crippen LogP contribution in [0.4, 0.5) is 4.39 Å². The van der Waals surface area contributed by atoms with Crippen molar-refractivity contribution < 1.29 is 19.0 Å². The third-order valence-corrected chi connectivity index (χ3v) is 3.22. The molecule has 1 aromatic heterocycles. The van der Waals surface area contributed by atoms with Crippen LogP contribution in [-0.2, 0) is 12.8 Å². The first-order chi connectivity index (χ1) is 9.65. The first-order valence-electron chi connectivity index (χ1n) is 6.18. The lowest BCUT2D eigenvalue weighted by Crippen LogP contribution is -2.03. The Bertz CT molecular complexity index is 688. The van der Waals surface area contributed by atoms with Crippen LogP contribution in [0.15, 0.2) is 24.5 Å². The van der Waals surface area contributed by atoms with Gasteiger partial charge in [0.2, 0.25) is 5.88 Å². The number of hydrogen-bond donors (Lipinski definition) is 1. The van der Waals surface area contributed by atoms with Crippen molar-refractivity contribution in [1.82, 2.24) is 9.97 Å². The van der Waals surface area contributed by atoms with Gasteiger partial charge < -0.3 is 9.84 Å². The number of fused-ring (bicyclic) bond motifs is 1. The first kappa shape index (κ1) is 12.5. The summed E-state index contributed by atoms with van der Waals surface area (Å²) in [5.41, 5.74) is 1.67. The van der Waals surface area contributed by atoms with Crippen LogP contribution in [-0.4, -0.2) is 21.0 Å². The van der Waals surface area contributed by atoms with Crippen LogP contribution in [0.2, 0.25) is 0 Å². The van der Waals surface area contributed by atoms with Gasteiger partial charge in [-0.25, -0.2) is 19.2 Å². The van der Waals surface area contributed by atoms with Gasteiger partial charge in [0.25, 0.3) is 0 Å². The molecule has 20 heavy (non-hydrogen) atoms. The van der Waals surface area contributed by atoms with E-state index in [1.54, 1.807) is 0 Å². The number of hydrogen-bond acceptors (Lipinski definition) is 4. The number of carboxylic acids is 1. The molecule has 0 radical (unpaired) electrons. The monoisotopic (exact) mass is 274 g/mol. The lowest BCUT2D eigenvalue weighted by atomic mass is 10.2. The number of aryl methyl sites for hydroxylation is 1. The molecular formula is C14H11FN2O3. The molecule has 0 aliphatic heterocycles. The van der Waals surface area contributed by atoms with Crippen molar-refractivity contribution in [2.75, 3.05) is 0 Å². The highest BCUT2D eigenvalue weighted by Gasteiger charge is 2.20. The van der Waals surface area contributed by atoms with E-state index in [0.717, 1.165) is 42.7 Å². The molecule has 2 aromatic rings. The van der Waals surface area contributed by atoms with Crippen molar-refractivity contribution >= 4 is 5.97 Å². The third-order valence-electron chi connectivity index (χ3n) is 3.22. The summed E-state index contributed by atoms with van der Waals surface area (Å²) in [6.07, 6.45) is 3.96. The Labute approximate surface area is 114 Å². The highest BCUT2D eigenvalue weighted by molar-refractivity contribution is 5.90. The Hall–Kier alpha value is -2.50. The molecule has 0 atom stereocenters. The van der Waals surface area contributed by atoms with E-state index < -0.39 is 11.8 Å². The second kappa shape index (κ2) is 4.88. The Morgan fingerprint density at radius 2 is 2.15 bits per heavy atom. The number of rotatable bonds is 3. The van der Waals surface area contributed by atoms with Gasteiger partial charge in [-0.15, -0.1) is 0 Å². The van der Waals surface area contributed by atoms with Gasteiger partial charge >= 0.3 is 5.97 Å². The molecule has 6 heteroatoms. The van der Waals surface area contributed by atoms with Crippen LogP contribution in [0, 0.1) is 5.82 Å². The molecule has 0 saturated heterocycles. The van der Waals surface area contributed by atoms with Crippen molar-refractivity contribution in [2.45, 2.75) is 19.3 Å². The van der Waals surface area contributed by atoms with Crippen molar-refractivity contribution in [2.24, 2.45) is 0 Å². The molecule has 0 spiro atoms. The molecule has 1 aliphatic rings. The van der Waals surface area contributed by atoms with Gasteiger partial charge in [-0.3, -0.25) is 0 Å². The maximum Gasteiger partial charge on any atom is 0.339 e. The molecule has 0 unspecified atom stereocenters. The predicted octanol–water partition coefficient (Wildman–Crippen LogP) is 2.59. The zero-order valence-corrected chi connectivity index (χ0v) is 10.5. The van der Waals surface area contributed by atoms with Crippen LogP contribution in [0.5, 0.6) is 11.6 Å². The van der Waals surface area contributed by atoms with Gasteiger partial charge in [0.05, 0.1) is 5.69 Å². The fourth-order valence-corrected chi connectivity index (χ4v) is 2.28. The largest absolute Gasteiger partial charge is 0.478 e. The summed E-state index contributed by atoms with van der Waals surface area (Å²) in [5.74, 6) is -1.48. The second-order valence-electron chi connectivity index (χ2n) is 4.51. The molecule has 0 amide bonds. The van der Waals surface area contributed by atoms with Crippen molar-refractivity contribution in [3.63, 3.8) is 0 Å². The molecule has 1 N–H and O–H groups in total. The number of benzene rings is 1. The number of halogens is 1. The molecule has 0 fully saturated rings. The topological polar surface area (TPSA) is 72.3 Å². The zero-order chi connectivity index (χ0) is 14.1. The summed E-state index contributed by atoms with van der Waals surface area (Å²) in [5, 5.41) is 9.09. The van der Waals surface area contributed by atoms with Crippen LogP contribution < -0.4 is 4.74 Å². The molecular weight excluding hydrogens is 263 g/mol. The predicted molar refractivity (Wildman–Crippen MR) is 67.5 cm³/mol. The summed E-state index contributed by atoms with van der Waals surface area (Å²) in [7, 11) is 0. The highest BCUT2D eigenvalue weighted by atomic mass is 19.1. The Kier molecular flexibility index (Phi) is 3.06. The molecule has 0 bridgehead atoms. The second-order valence-corrected chi connectivity index (χ2v) is 4.51. The number of nitrogens with zero attached hydrogens (tertiary/aromatic N) is 2. The van der Waals surface area contributed by atoms with E-state index in [2.05, 4.69) is 9.97 Å². The van der Waals surface area contributed by atoms with Crippen LogP contribution in [0.25, 0.3) is 0 Å². The van der Waals surface area contributed by atoms with E-state index >= 15 is 0 Å². The van der Waals surface area contributed by atoms with Crippen molar-refractivity contribution in [3.8, 4) is 11.6 Å².